The van der Waals surface area contributed by atoms with Gasteiger partial charge in [-0.15, -0.1) is 0 Å². The predicted octanol–water partition coefficient (Wildman–Crippen LogP) is 7.09. The molecule has 3 aromatic carbocycles. The monoisotopic (exact) mass is 417 g/mol. The normalized spacial score (nSPS) is 12.7. The summed E-state index contributed by atoms with van der Waals surface area (Å²) < 4.78 is 12.4. The van der Waals surface area contributed by atoms with Crippen molar-refractivity contribution in [1.29, 1.82) is 0 Å². The van der Waals surface area contributed by atoms with Crippen LogP contribution in [0.4, 0.5) is 5.69 Å². The van der Waals surface area contributed by atoms with Crippen molar-refractivity contribution in [3.8, 4) is 11.5 Å². The number of hydrogen-bond donors (Lipinski definition) is 1. The summed E-state index contributed by atoms with van der Waals surface area (Å²) in [5, 5.41) is 3.52. The lowest BCUT2D eigenvalue weighted by Crippen LogP contribution is -2.26. The molecule has 2 unspecified atom stereocenters. The minimum absolute atomic E-state index is 0.105. The summed E-state index contributed by atoms with van der Waals surface area (Å²) >= 11 is 0. The van der Waals surface area contributed by atoms with Crippen LogP contribution in [0.3, 0.4) is 0 Å². The minimum atomic E-state index is 0.105. The van der Waals surface area contributed by atoms with E-state index in [0.29, 0.717) is 12.5 Å². The Kier molecular flexibility index (Phi) is 8.84. The van der Waals surface area contributed by atoms with E-state index in [2.05, 4.69) is 86.8 Å². The van der Waals surface area contributed by atoms with E-state index < -0.39 is 0 Å². The summed E-state index contributed by atoms with van der Waals surface area (Å²) in [6, 6.07) is 27.0. The van der Waals surface area contributed by atoms with Crippen LogP contribution in [0, 0.1) is 0 Å². The average Bonchev–Trinajstić information content (AvgIpc) is 2.82. The second-order valence-corrected chi connectivity index (χ2v) is 7.99. The van der Waals surface area contributed by atoms with Gasteiger partial charge in [0, 0.05) is 18.2 Å². The van der Waals surface area contributed by atoms with Crippen molar-refractivity contribution >= 4 is 5.69 Å². The molecule has 0 aliphatic rings. The molecule has 31 heavy (non-hydrogen) atoms. The van der Waals surface area contributed by atoms with Crippen molar-refractivity contribution in [3.05, 3.63) is 90.0 Å². The maximum absolute atomic E-state index is 6.39. The lowest BCUT2D eigenvalue weighted by Gasteiger charge is -2.22. The largest absolute Gasteiger partial charge is 0.493 e. The summed E-state index contributed by atoms with van der Waals surface area (Å²) in [4.78, 5) is 0. The highest BCUT2D eigenvalue weighted by molar-refractivity contribution is 5.48. The van der Waals surface area contributed by atoms with Gasteiger partial charge in [-0.25, -0.2) is 0 Å². The first-order valence-electron chi connectivity index (χ1n) is 11.5. The molecule has 0 amide bonds. The number of ether oxygens (including phenoxy) is 2. The molecular weight excluding hydrogens is 382 g/mol. The van der Waals surface area contributed by atoms with E-state index in [-0.39, 0.29) is 6.10 Å². The Morgan fingerprint density at radius 1 is 0.839 bits per heavy atom. The molecule has 2 atom stereocenters. The van der Waals surface area contributed by atoms with Crippen molar-refractivity contribution in [2.45, 2.75) is 52.1 Å². The number of para-hydroxylation sites is 1. The SMILES string of the molecule is CCC(CNc1cccc(OCCc2ccccc2)c1)Oc1ccccc1C(C)CC. The maximum Gasteiger partial charge on any atom is 0.123 e. The lowest BCUT2D eigenvalue weighted by atomic mass is 9.98. The summed E-state index contributed by atoms with van der Waals surface area (Å²) in [6.07, 6.45) is 3.05. The minimum Gasteiger partial charge on any atom is -0.493 e. The second-order valence-electron chi connectivity index (χ2n) is 7.99. The summed E-state index contributed by atoms with van der Waals surface area (Å²) in [5.41, 5.74) is 3.63. The van der Waals surface area contributed by atoms with E-state index in [9.17, 15) is 0 Å². The summed E-state index contributed by atoms with van der Waals surface area (Å²) in [5.74, 6) is 2.38. The second kappa shape index (κ2) is 12.0. The Balaban J connectivity index is 1.53. The molecule has 0 saturated heterocycles. The summed E-state index contributed by atoms with van der Waals surface area (Å²) in [7, 11) is 0. The first-order valence-corrected chi connectivity index (χ1v) is 11.5. The molecule has 0 spiro atoms. The third-order valence-electron chi connectivity index (χ3n) is 5.68. The molecule has 164 valence electrons. The molecule has 3 nitrogen and oxygen atoms in total. The molecule has 3 heteroatoms. The first kappa shape index (κ1) is 22.7. The number of anilines is 1. The van der Waals surface area contributed by atoms with Gasteiger partial charge in [0.25, 0.3) is 0 Å². The quantitative estimate of drug-likeness (QED) is 0.341. The predicted molar refractivity (Wildman–Crippen MR) is 130 cm³/mol. The van der Waals surface area contributed by atoms with Crippen LogP contribution in [0.2, 0.25) is 0 Å². The fourth-order valence-corrected chi connectivity index (χ4v) is 3.52. The molecule has 0 bridgehead atoms. The van der Waals surface area contributed by atoms with E-state index in [0.717, 1.165) is 43.0 Å². The van der Waals surface area contributed by atoms with Crippen molar-refractivity contribution in [1.82, 2.24) is 0 Å². The van der Waals surface area contributed by atoms with Gasteiger partial charge in [-0.1, -0.05) is 75.4 Å². The standard InChI is InChI=1S/C28H35NO2/c1-4-22(3)27-16-9-10-17-28(27)31-25(5-2)21-29-24-14-11-15-26(20-24)30-19-18-23-12-7-6-8-13-23/h6-17,20,22,25,29H,4-5,18-19,21H2,1-3H3. The molecule has 0 saturated carbocycles. The lowest BCUT2D eigenvalue weighted by molar-refractivity contribution is 0.207. The Hall–Kier alpha value is -2.94. The molecule has 1 N–H and O–H groups in total. The van der Waals surface area contributed by atoms with Crippen LogP contribution >= 0.6 is 0 Å². The average molecular weight is 418 g/mol. The van der Waals surface area contributed by atoms with Crippen LogP contribution in [-0.2, 0) is 6.42 Å². The maximum atomic E-state index is 6.39. The molecular formula is C28H35NO2. The van der Waals surface area contributed by atoms with Crippen LogP contribution in [0.5, 0.6) is 11.5 Å². The van der Waals surface area contributed by atoms with Crippen LogP contribution in [-0.4, -0.2) is 19.3 Å². The van der Waals surface area contributed by atoms with Gasteiger partial charge in [0.15, 0.2) is 0 Å². The third-order valence-corrected chi connectivity index (χ3v) is 5.68. The van der Waals surface area contributed by atoms with Gasteiger partial charge in [0.1, 0.15) is 17.6 Å². The molecule has 0 radical (unpaired) electrons. The van der Waals surface area contributed by atoms with Crippen LogP contribution < -0.4 is 14.8 Å². The van der Waals surface area contributed by atoms with Crippen LogP contribution in [0.25, 0.3) is 0 Å². The number of benzene rings is 3. The van der Waals surface area contributed by atoms with E-state index in [1.807, 2.05) is 18.2 Å². The topological polar surface area (TPSA) is 30.5 Å². The van der Waals surface area contributed by atoms with E-state index in [4.69, 9.17) is 9.47 Å². The van der Waals surface area contributed by atoms with Crippen LogP contribution in [0.15, 0.2) is 78.9 Å². The molecule has 0 fully saturated rings. The van der Waals surface area contributed by atoms with E-state index >= 15 is 0 Å². The van der Waals surface area contributed by atoms with Gasteiger partial charge >= 0.3 is 0 Å². The Labute approximate surface area is 187 Å². The fraction of sp³-hybridized carbons (Fsp3) is 0.357. The number of nitrogens with one attached hydrogen (secondary N) is 1. The van der Waals surface area contributed by atoms with Gasteiger partial charge in [-0.3, -0.25) is 0 Å². The number of rotatable bonds is 12. The summed E-state index contributed by atoms with van der Waals surface area (Å²) in [6.45, 7) is 8.06. The van der Waals surface area contributed by atoms with E-state index in [1.54, 1.807) is 0 Å². The molecule has 0 aromatic heterocycles. The van der Waals surface area contributed by atoms with Gasteiger partial charge in [0.05, 0.1) is 13.2 Å². The molecule has 0 aliphatic carbocycles. The molecule has 0 heterocycles. The van der Waals surface area contributed by atoms with Crippen molar-refractivity contribution in [2.75, 3.05) is 18.5 Å². The highest BCUT2D eigenvalue weighted by atomic mass is 16.5. The van der Waals surface area contributed by atoms with Crippen molar-refractivity contribution < 1.29 is 9.47 Å². The van der Waals surface area contributed by atoms with Crippen molar-refractivity contribution in [2.24, 2.45) is 0 Å². The smallest absolute Gasteiger partial charge is 0.123 e. The Morgan fingerprint density at radius 2 is 1.61 bits per heavy atom. The molecule has 3 aromatic rings. The highest BCUT2D eigenvalue weighted by Crippen LogP contribution is 2.29. The van der Waals surface area contributed by atoms with Crippen LogP contribution in [0.1, 0.15) is 50.7 Å². The number of hydrogen-bond acceptors (Lipinski definition) is 3. The third kappa shape index (κ3) is 7.06. The zero-order valence-electron chi connectivity index (χ0n) is 19.0. The fourth-order valence-electron chi connectivity index (χ4n) is 3.52. The zero-order valence-corrected chi connectivity index (χ0v) is 19.0. The Morgan fingerprint density at radius 3 is 2.39 bits per heavy atom. The van der Waals surface area contributed by atoms with E-state index in [1.165, 1.54) is 11.1 Å². The van der Waals surface area contributed by atoms with Gasteiger partial charge in [-0.05, 0) is 48.1 Å². The molecule has 3 rings (SSSR count). The van der Waals surface area contributed by atoms with Gasteiger partial charge < -0.3 is 14.8 Å². The highest BCUT2D eigenvalue weighted by Gasteiger charge is 2.14. The first-order chi connectivity index (χ1) is 15.2. The Bertz CT molecular complexity index is 910. The van der Waals surface area contributed by atoms with Gasteiger partial charge in [-0.2, -0.15) is 0 Å². The van der Waals surface area contributed by atoms with Crippen molar-refractivity contribution in [3.63, 3.8) is 0 Å². The molecule has 0 aliphatic heterocycles. The van der Waals surface area contributed by atoms with Gasteiger partial charge in [0.2, 0.25) is 0 Å². The zero-order chi connectivity index (χ0) is 21.9.